The van der Waals surface area contributed by atoms with Crippen LogP contribution in [0.1, 0.15) is 31.9 Å². The molecule has 9 nitrogen and oxygen atoms in total. The number of amides is 2. The number of pyridine rings is 1. The van der Waals surface area contributed by atoms with Gasteiger partial charge in [0.05, 0.1) is 0 Å². The minimum Gasteiger partial charge on any atom is -0.354 e. The van der Waals surface area contributed by atoms with E-state index in [0.29, 0.717) is 29.3 Å². The van der Waals surface area contributed by atoms with Crippen LogP contribution < -0.4 is 10.2 Å². The number of carbonyl (C=O) groups is 2. The van der Waals surface area contributed by atoms with Crippen molar-refractivity contribution in [2.75, 3.05) is 11.4 Å². The number of carbonyl (C=O) groups excluding carboxylic acids is 2. The van der Waals surface area contributed by atoms with E-state index in [1.807, 2.05) is 13.8 Å². The van der Waals surface area contributed by atoms with E-state index in [1.54, 1.807) is 12.1 Å². The van der Waals surface area contributed by atoms with Crippen LogP contribution in [0.5, 0.6) is 0 Å². The molecule has 2 aromatic carbocycles. The molecule has 2 heterocycles. The van der Waals surface area contributed by atoms with Crippen LogP contribution in [0.4, 0.5) is 14.5 Å². The minimum atomic E-state index is -1.07. The molecule has 0 aliphatic heterocycles. The van der Waals surface area contributed by atoms with Crippen LogP contribution in [-0.4, -0.2) is 43.6 Å². The van der Waals surface area contributed by atoms with Gasteiger partial charge in [-0.15, -0.1) is 10.2 Å². The molecule has 0 saturated heterocycles. The third-order valence-corrected chi connectivity index (χ3v) is 5.75. The predicted molar refractivity (Wildman–Crippen MR) is 137 cm³/mol. The molecule has 0 aliphatic rings. The lowest BCUT2D eigenvalue weighted by atomic mass is 10.0. The molecule has 0 fully saturated rings. The molecule has 1 atom stereocenters. The number of tetrazole rings is 1. The Balaban J connectivity index is 1.67. The molecule has 1 N–H and O–H groups in total. The number of hydrogen-bond donors (Lipinski definition) is 1. The van der Waals surface area contributed by atoms with E-state index < -0.39 is 29.5 Å². The van der Waals surface area contributed by atoms with E-state index in [1.165, 1.54) is 65.8 Å². The molecule has 2 aromatic heterocycles. The zero-order chi connectivity index (χ0) is 27.1. The van der Waals surface area contributed by atoms with Crippen LogP contribution >= 0.6 is 0 Å². The largest absolute Gasteiger partial charge is 0.354 e. The first-order valence-corrected chi connectivity index (χ1v) is 12.1. The second kappa shape index (κ2) is 12.1. The summed E-state index contributed by atoms with van der Waals surface area (Å²) < 4.78 is 27.0. The van der Waals surface area contributed by atoms with Gasteiger partial charge in [-0.3, -0.25) is 19.5 Å². The Morgan fingerprint density at radius 2 is 1.58 bits per heavy atom. The summed E-state index contributed by atoms with van der Waals surface area (Å²) in [4.78, 5) is 33.7. The van der Waals surface area contributed by atoms with Gasteiger partial charge < -0.3 is 5.32 Å². The molecular weight excluding hydrogens is 492 g/mol. The molecule has 0 saturated carbocycles. The average Bonchev–Trinajstić information content (AvgIpc) is 3.36. The first kappa shape index (κ1) is 26.5. The highest BCUT2D eigenvalue weighted by molar-refractivity contribution is 6.01. The van der Waals surface area contributed by atoms with E-state index in [-0.39, 0.29) is 12.4 Å². The molecule has 0 bridgehead atoms. The summed E-state index contributed by atoms with van der Waals surface area (Å²) in [5.74, 6) is -1.22. The fraction of sp³-hybridized carbons (Fsp3) is 0.259. The number of hydrogen-bond acceptors (Lipinski definition) is 6. The summed E-state index contributed by atoms with van der Waals surface area (Å²) in [6.07, 6.45) is 3.82. The molecule has 0 aliphatic carbocycles. The number of halogens is 2. The van der Waals surface area contributed by atoms with E-state index in [9.17, 15) is 18.4 Å². The number of benzene rings is 2. The summed E-state index contributed by atoms with van der Waals surface area (Å²) in [7, 11) is 0. The predicted octanol–water partition coefficient (Wildman–Crippen LogP) is 3.95. The molecule has 4 rings (SSSR count). The summed E-state index contributed by atoms with van der Waals surface area (Å²) in [6, 6.07) is 13.1. The Morgan fingerprint density at radius 3 is 2.21 bits per heavy atom. The molecule has 196 valence electrons. The van der Waals surface area contributed by atoms with E-state index in [2.05, 4.69) is 25.7 Å². The van der Waals surface area contributed by atoms with Gasteiger partial charge in [0.25, 0.3) is 5.91 Å². The van der Waals surface area contributed by atoms with Gasteiger partial charge in [-0.05, 0) is 83.8 Å². The fourth-order valence-corrected chi connectivity index (χ4v) is 3.80. The van der Waals surface area contributed by atoms with Crippen LogP contribution in [-0.2, 0) is 16.1 Å². The van der Waals surface area contributed by atoms with Crippen molar-refractivity contribution < 1.29 is 18.4 Å². The third-order valence-electron chi connectivity index (χ3n) is 5.75. The summed E-state index contributed by atoms with van der Waals surface area (Å²) in [5, 5.41) is 15.1. The number of nitrogens with one attached hydrogen (secondary N) is 1. The fourth-order valence-electron chi connectivity index (χ4n) is 3.80. The summed E-state index contributed by atoms with van der Waals surface area (Å²) in [5.41, 5.74) is 1.37. The molecule has 4 aromatic rings. The van der Waals surface area contributed by atoms with Gasteiger partial charge in [-0.2, -0.15) is 4.80 Å². The number of nitrogens with zero attached hydrogens (tertiary/aromatic N) is 6. The van der Waals surface area contributed by atoms with Gasteiger partial charge in [0.2, 0.25) is 11.7 Å². The SMILES string of the molecule is CC(C)CCNC(=O)[C@@H](c1ccncc1)N(C(=O)Cn1nnc(-c2ccc(F)cc2)n1)c1ccc(F)cc1. The van der Waals surface area contributed by atoms with Crippen molar-refractivity contribution in [3.8, 4) is 11.4 Å². The lowest BCUT2D eigenvalue weighted by molar-refractivity contribution is -0.127. The summed E-state index contributed by atoms with van der Waals surface area (Å²) >= 11 is 0. The van der Waals surface area contributed by atoms with E-state index in [0.717, 1.165) is 11.2 Å². The van der Waals surface area contributed by atoms with Crippen molar-refractivity contribution in [3.05, 3.63) is 90.3 Å². The van der Waals surface area contributed by atoms with Crippen molar-refractivity contribution in [1.29, 1.82) is 0 Å². The molecule has 0 spiro atoms. The minimum absolute atomic E-state index is 0.211. The Bertz CT molecular complexity index is 1360. The van der Waals surface area contributed by atoms with Crippen LogP contribution in [0.3, 0.4) is 0 Å². The Kier molecular flexibility index (Phi) is 8.47. The molecule has 2 amide bonds. The van der Waals surface area contributed by atoms with Crippen molar-refractivity contribution in [1.82, 2.24) is 30.5 Å². The van der Waals surface area contributed by atoms with Crippen LogP contribution in [0.25, 0.3) is 11.4 Å². The standard InChI is InChI=1S/C27H27F2N7O2/c1-18(2)11-16-31-27(38)25(19-12-14-30-15-13-19)36(23-9-7-22(29)8-10-23)24(37)17-35-33-26(32-34-35)20-3-5-21(28)6-4-20/h3-10,12-15,18,25H,11,16-17H2,1-2H3,(H,31,38)/t25-/m1/s1. The van der Waals surface area contributed by atoms with Crippen molar-refractivity contribution in [2.24, 2.45) is 5.92 Å². The van der Waals surface area contributed by atoms with Gasteiger partial charge in [0.1, 0.15) is 24.2 Å². The van der Waals surface area contributed by atoms with Crippen molar-refractivity contribution >= 4 is 17.5 Å². The highest BCUT2D eigenvalue weighted by Crippen LogP contribution is 2.28. The third kappa shape index (κ3) is 6.61. The Morgan fingerprint density at radius 1 is 0.947 bits per heavy atom. The second-order valence-corrected chi connectivity index (χ2v) is 9.05. The lowest BCUT2D eigenvalue weighted by Gasteiger charge is -2.31. The van der Waals surface area contributed by atoms with Crippen molar-refractivity contribution in [2.45, 2.75) is 32.9 Å². The van der Waals surface area contributed by atoms with E-state index in [4.69, 9.17) is 0 Å². The van der Waals surface area contributed by atoms with Crippen LogP contribution in [0, 0.1) is 17.6 Å². The number of aromatic nitrogens is 5. The van der Waals surface area contributed by atoms with Gasteiger partial charge in [-0.25, -0.2) is 8.78 Å². The normalized spacial score (nSPS) is 11.8. The highest BCUT2D eigenvalue weighted by atomic mass is 19.1. The highest BCUT2D eigenvalue weighted by Gasteiger charge is 2.33. The Labute approximate surface area is 218 Å². The van der Waals surface area contributed by atoms with Crippen molar-refractivity contribution in [3.63, 3.8) is 0 Å². The second-order valence-electron chi connectivity index (χ2n) is 9.05. The van der Waals surface area contributed by atoms with E-state index >= 15 is 0 Å². The molecule has 0 unspecified atom stereocenters. The molecule has 0 radical (unpaired) electrons. The zero-order valence-corrected chi connectivity index (χ0v) is 21.0. The maximum absolute atomic E-state index is 13.8. The monoisotopic (exact) mass is 519 g/mol. The number of anilines is 1. The Hall–Kier alpha value is -4.54. The maximum atomic E-state index is 13.8. The van der Waals surface area contributed by atoms with Gasteiger partial charge in [-0.1, -0.05) is 13.8 Å². The first-order chi connectivity index (χ1) is 18.3. The van der Waals surface area contributed by atoms with Crippen LogP contribution in [0.2, 0.25) is 0 Å². The van der Waals surface area contributed by atoms with Gasteiger partial charge in [0.15, 0.2) is 0 Å². The quantitative estimate of drug-likeness (QED) is 0.340. The maximum Gasteiger partial charge on any atom is 0.251 e. The molecule has 38 heavy (non-hydrogen) atoms. The zero-order valence-electron chi connectivity index (χ0n) is 21.0. The average molecular weight is 520 g/mol. The smallest absolute Gasteiger partial charge is 0.251 e. The number of rotatable bonds is 10. The molecule has 11 heteroatoms. The lowest BCUT2D eigenvalue weighted by Crippen LogP contribution is -2.45. The molecular formula is C27H27F2N7O2. The summed E-state index contributed by atoms with van der Waals surface area (Å²) in [6.45, 7) is 4.17. The van der Waals surface area contributed by atoms with Gasteiger partial charge in [0, 0.05) is 30.2 Å². The van der Waals surface area contributed by atoms with Gasteiger partial charge >= 0.3 is 0 Å². The topological polar surface area (TPSA) is 106 Å². The van der Waals surface area contributed by atoms with Crippen LogP contribution in [0.15, 0.2) is 73.1 Å². The first-order valence-electron chi connectivity index (χ1n) is 12.1.